The number of carbonyl (C=O) groups excluding carboxylic acids is 1. The van der Waals surface area contributed by atoms with Crippen molar-refractivity contribution in [3.63, 3.8) is 0 Å². The molecule has 1 aliphatic carbocycles. The van der Waals surface area contributed by atoms with Crippen molar-refractivity contribution < 1.29 is 28.5 Å². The van der Waals surface area contributed by atoms with Gasteiger partial charge < -0.3 is 38.8 Å². The highest BCUT2D eigenvalue weighted by atomic mass is 16.5. The summed E-state index contributed by atoms with van der Waals surface area (Å²) in [6, 6.07) is 15.2. The molecule has 3 fully saturated rings. The molecule has 2 saturated heterocycles. The Bertz CT molecular complexity index is 1240. The number of amides is 1. The zero-order valence-electron chi connectivity index (χ0n) is 27.1. The highest BCUT2D eigenvalue weighted by Gasteiger charge is 2.39. The number of anilines is 1. The van der Waals surface area contributed by atoms with Gasteiger partial charge in [-0.05, 0) is 73.3 Å². The van der Waals surface area contributed by atoms with Gasteiger partial charge in [0.05, 0.1) is 37.7 Å². The predicted molar refractivity (Wildman–Crippen MR) is 174 cm³/mol. The number of likely N-dealkylation sites (tertiary alicyclic amines) is 1. The monoisotopic (exact) mass is 621 g/mol. The third-order valence-corrected chi connectivity index (χ3v) is 9.58. The van der Waals surface area contributed by atoms with Crippen molar-refractivity contribution in [1.29, 1.82) is 0 Å². The summed E-state index contributed by atoms with van der Waals surface area (Å²) in [6.45, 7) is 9.08. The largest absolute Gasteiger partial charge is 0.490 e. The Kier molecular flexibility index (Phi) is 11.3. The van der Waals surface area contributed by atoms with Crippen LogP contribution in [0.5, 0.6) is 5.75 Å². The maximum atomic E-state index is 12.5. The highest BCUT2D eigenvalue weighted by Crippen LogP contribution is 2.36. The first-order chi connectivity index (χ1) is 22.1. The Hall–Kier alpha value is -2.69. The van der Waals surface area contributed by atoms with Crippen molar-refractivity contribution in [1.82, 2.24) is 10.2 Å². The standard InChI is InChI=1S/C36H51N3O6/c1-26(40)39-16-4-3-6-35(39)45-34-22-37-21-33(36(34)30-12-9-28(10-13-30)24-42-23-27-7-8-27)44-25-29-11-14-32-31(20-29)38(17-19-43-32)15-5-18-41-2/h9-14,20,27,33-37H,3-8,15-19,21-25H2,1-2H3/t33-,34+,35?,36+/m0/s1. The van der Waals surface area contributed by atoms with E-state index in [1.54, 1.807) is 14.0 Å². The van der Waals surface area contributed by atoms with Crippen LogP contribution in [0.3, 0.4) is 0 Å². The molecule has 9 nitrogen and oxygen atoms in total. The molecule has 2 aromatic rings. The van der Waals surface area contributed by atoms with Crippen LogP contribution in [-0.2, 0) is 37.0 Å². The van der Waals surface area contributed by atoms with Crippen molar-refractivity contribution in [3.8, 4) is 5.75 Å². The molecule has 1 saturated carbocycles. The summed E-state index contributed by atoms with van der Waals surface area (Å²) in [7, 11) is 1.75. The highest BCUT2D eigenvalue weighted by molar-refractivity contribution is 5.73. The molecule has 1 N–H and O–H groups in total. The first-order valence-electron chi connectivity index (χ1n) is 17.0. The zero-order chi connectivity index (χ0) is 31.0. The number of methoxy groups -OCH3 is 1. The van der Waals surface area contributed by atoms with Gasteiger partial charge in [-0.25, -0.2) is 0 Å². The summed E-state index contributed by atoms with van der Waals surface area (Å²) < 4.78 is 30.8. The molecule has 1 unspecified atom stereocenters. The molecule has 0 bridgehead atoms. The Balaban J connectivity index is 1.18. The van der Waals surface area contributed by atoms with E-state index in [-0.39, 0.29) is 30.3 Å². The van der Waals surface area contributed by atoms with Crippen molar-refractivity contribution in [3.05, 3.63) is 59.2 Å². The van der Waals surface area contributed by atoms with Crippen LogP contribution in [0.2, 0.25) is 0 Å². The van der Waals surface area contributed by atoms with Gasteiger partial charge in [0.25, 0.3) is 0 Å². The van der Waals surface area contributed by atoms with Gasteiger partial charge in [-0.15, -0.1) is 0 Å². The van der Waals surface area contributed by atoms with Gasteiger partial charge in [0.2, 0.25) is 5.91 Å². The molecule has 0 radical (unpaired) electrons. The van der Waals surface area contributed by atoms with E-state index in [9.17, 15) is 4.79 Å². The second kappa shape index (κ2) is 15.7. The van der Waals surface area contributed by atoms with E-state index in [1.807, 2.05) is 4.90 Å². The molecule has 3 aliphatic heterocycles. The lowest BCUT2D eigenvalue weighted by Crippen LogP contribution is -2.54. The molecule has 6 rings (SSSR count). The van der Waals surface area contributed by atoms with Crippen molar-refractivity contribution in [2.24, 2.45) is 5.92 Å². The van der Waals surface area contributed by atoms with E-state index >= 15 is 0 Å². The minimum absolute atomic E-state index is 0.0231. The zero-order valence-corrected chi connectivity index (χ0v) is 27.1. The van der Waals surface area contributed by atoms with E-state index < -0.39 is 0 Å². The molecule has 2 aromatic carbocycles. The molecule has 4 aliphatic rings. The normalized spacial score (nSPS) is 25.1. The van der Waals surface area contributed by atoms with Crippen molar-refractivity contribution in [2.75, 3.05) is 64.6 Å². The van der Waals surface area contributed by atoms with E-state index in [0.717, 1.165) is 88.0 Å². The fraction of sp³-hybridized carbons (Fsp3) is 0.639. The lowest BCUT2D eigenvalue weighted by Gasteiger charge is -2.43. The third kappa shape index (κ3) is 8.57. The number of rotatable bonds is 14. The quantitative estimate of drug-likeness (QED) is 0.300. The Morgan fingerprint density at radius 1 is 0.978 bits per heavy atom. The number of hydrogen-bond acceptors (Lipinski definition) is 8. The number of piperidine rings is 2. The number of hydrogen-bond donors (Lipinski definition) is 1. The van der Waals surface area contributed by atoms with E-state index in [4.69, 9.17) is 23.7 Å². The average molecular weight is 622 g/mol. The first-order valence-corrected chi connectivity index (χ1v) is 17.0. The summed E-state index contributed by atoms with van der Waals surface area (Å²) in [5.41, 5.74) is 4.63. The second-order valence-corrected chi connectivity index (χ2v) is 13.1. The van der Waals surface area contributed by atoms with Gasteiger partial charge >= 0.3 is 0 Å². The van der Waals surface area contributed by atoms with Crippen LogP contribution in [0.15, 0.2) is 42.5 Å². The topological polar surface area (TPSA) is 81.7 Å². The summed E-state index contributed by atoms with van der Waals surface area (Å²) in [6.07, 6.45) is 6.10. The average Bonchev–Trinajstić information content (AvgIpc) is 3.89. The van der Waals surface area contributed by atoms with Gasteiger partial charge in [-0.1, -0.05) is 30.3 Å². The minimum atomic E-state index is -0.205. The number of fused-ring (bicyclic) bond motifs is 1. The fourth-order valence-corrected chi connectivity index (χ4v) is 6.90. The molecule has 0 aromatic heterocycles. The predicted octanol–water partition coefficient (Wildman–Crippen LogP) is 4.86. The number of ether oxygens (including phenoxy) is 5. The SMILES string of the molecule is COCCCN1CCOc2ccc(CO[C@H]3CNC[C@@H](OC4CCCCN4C(C)=O)[C@@H]3c3ccc(COCC4CC4)cc3)cc21. The van der Waals surface area contributed by atoms with E-state index in [2.05, 4.69) is 52.7 Å². The van der Waals surface area contributed by atoms with Crippen LogP contribution in [-0.4, -0.2) is 88.9 Å². The Morgan fingerprint density at radius 2 is 1.80 bits per heavy atom. The Morgan fingerprint density at radius 3 is 2.60 bits per heavy atom. The molecule has 1 amide bonds. The van der Waals surface area contributed by atoms with E-state index in [0.29, 0.717) is 26.4 Å². The molecule has 45 heavy (non-hydrogen) atoms. The second-order valence-electron chi connectivity index (χ2n) is 13.1. The first kappa shape index (κ1) is 32.3. The molecular formula is C36H51N3O6. The summed E-state index contributed by atoms with van der Waals surface area (Å²) in [5.74, 6) is 1.79. The number of benzene rings is 2. The molecule has 3 heterocycles. The van der Waals surface area contributed by atoms with Gasteiger partial charge in [0.1, 0.15) is 18.6 Å². The summed E-state index contributed by atoms with van der Waals surface area (Å²) in [5, 5.41) is 3.58. The van der Waals surface area contributed by atoms with Crippen LogP contribution in [0.4, 0.5) is 5.69 Å². The van der Waals surface area contributed by atoms with Crippen LogP contribution in [0.25, 0.3) is 0 Å². The molecule has 246 valence electrons. The minimum Gasteiger partial charge on any atom is -0.490 e. The van der Waals surface area contributed by atoms with Gasteiger partial charge in [-0.2, -0.15) is 0 Å². The third-order valence-electron chi connectivity index (χ3n) is 9.58. The van der Waals surface area contributed by atoms with Gasteiger partial charge in [-0.3, -0.25) is 4.79 Å². The smallest absolute Gasteiger partial charge is 0.221 e. The van der Waals surface area contributed by atoms with Crippen molar-refractivity contribution >= 4 is 11.6 Å². The lowest BCUT2D eigenvalue weighted by molar-refractivity contribution is -0.165. The van der Waals surface area contributed by atoms with Gasteiger partial charge in [0, 0.05) is 59.3 Å². The van der Waals surface area contributed by atoms with Crippen LogP contribution in [0.1, 0.15) is 68.1 Å². The Labute approximate surface area is 268 Å². The van der Waals surface area contributed by atoms with E-state index in [1.165, 1.54) is 24.0 Å². The van der Waals surface area contributed by atoms with Crippen LogP contribution >= 0.6 is 0 Å². The summed E-state index contributed by atoms with van der Waals surface area (Å²) in [4.78, 5) is 16.8. The summed E-state index contributed by atoms with van der Waals surface area (Å²) >= 11 is 0. The molecular weight excluding hydrogens is 570 g/mol. The van der Waals surface area contributed by atoms with Gasteiger partial charge in [0.15, 0.2) is 0 Å². The van der Waals surface area contributed by atoms with Crippen molar-refractivity contribution in [2.45, 2.75) is 83.0 Å². The number of nitrogens with one attached hydrogen (secondary N) is 1. The maximum Gasteiger partial charge on any atom is 0.221 e. The van der Waals surface area contributed by atoms with Crippen LogP contribution < -0.4 is 15.0 Å². The number of nitrogens with zero attached hydrogens (tertiary/aromatic N) is 2. The van der Waals surface area contributed by atoms with Crippen LogP contribution in [0, 0.1) is 5.92 Å². The maximum absolute atomic E-state index is 12.5. The lowest BCUT2D eigenvalue weighted by atomic mass is 9.84. The molecule has 0 spiro atoms. The fourth-order valence-electron chi connectivity index (χ4n) is 6.90. The molecule has 4 atom stereocenters. The molecule has 9 heteroatoms. The number of carbonyl (C=O) groups is 1.